The molecule has 1 aliphatic heterocycles. The molecule has 1 amide bonds. The fourth-order valence-electron chi connectivity index (χ4n) is 2.50. The molecule has 1 aromatic rings. The molecule has 22 heavy (non-hydrogen) atoms. The van der Waals surface area contributed by atoms with Gasteiger partial charge in [0.25, 0.3) is 5.91 Å². The molecule has 0 aromatic heterocycles. The summed E-state index contributed by atoms with van der Waals surface area (Å²) in [6, 6.07) is 8.57. The zero-order chi connectivity index (χ0) is 16.2. The standard InChI is InChI=1S/C15H22N2O4S/c1-22(20,21)10-9-17-8-7-13(14(18)11-17)16-15(19)12-5-3-2-4-6-12/h2-6,13-14,18H,7-11H2,1H3,(H,16,19)/t13-,14-/m1/s1. The average molecular weight is 326 g/mol. The van der Waals surface area contributed by atoms with Gasteiger partial charge in [0.2, 0.25) is 0 Å². The number of β-amino-alcohol motifs (C(OH)–C–C–N with tert-alkyl or cyclic N) is 1. The summed E-state index contributed by atoms with van der Waals surface area (Å²) in [6.45, 7) is 1.44. The van der Waals surface area contributed by atoms with Crippen molar-refractivity contribution in [3.8, 4) is 0 Å². The number of carbonyl (C=O) groups is 1. The molecular weight excluding hydrogens is 304 g/mol. The van der Waals surface area contributed by atoms with Gasteiger partial charge in [-0.2, -0.15) is 0 Å². The Labute approximate surface area is 131 Å². The second-order valence-corrected chi connectivity index (χ2v) is 7.99. The van der Waals surface area contributed by atoms with E-state index in [9.17, 15) is 18.3 Å². The van der Waals surface area contributed by atoms with Crippen LogP contribution in [0.4, 0.5) is 0 Å². The molecule has 1 aromatic carbocycles. The van der Waals surface area contributed by atoms with Crippen LogP contribution < -0.4 is 5.32 Å². The van der Waals surface area contributed by atoms with Crippen molar-refractivity contribution < 1.29 is 18.3 Å². The van der Waals surface area contributed by atoms with E-state index in [-0.39, 0.29) is 17.7 Å². The number of amides is 1. The highest BCUT2D eigenvalue weighted by Crippen LogP contribution is 2.12. The van der Waals surface area contributed by atoms with Crippen LogP contribution in [0, 0.1) is 0 Å². The number of likely N-dealkylation sites (tertiary alicyclic amines) is 1. The lowest BCUT2D eigenvalue weighted by Crippen LogP contribution is -2.54. The number of rotatable bonds is 5. The second kappa shape index (κ2) is 7.21. The van der Waals surface area contributed by atoms with Crippen LogP contribution in [0.15, 0.2) is 30.3 Å². The van der Waals surface area contributed by atoms with Crippen LogP contribution in [0.2, 0.25) is 0 Å². The fraction of sp³-hybridized carbons (Fsp3) is 0.533. The maximum absolute atomic E-state index is 12.1. The van der Waals surface area contributed by atoms with E-state index in [1.54, 1.807) is 24.3 Å². The number of nitrogens with zero attached hydrogens (tertiary/aromatic N) is 1. The molecule has 2 rings (SSSR count). The second-order valence-electron chi connectivity index (χ2n) is 5.73. The zero-order valence-electron chi connectivity index (χ0n) is 12.6. The quantitative estimate of drug-likeness (QED) is 0.789. The van der Waals surface area contributed by atoms with E-state index >= 15 is 0 Å². The van der Waals surface area contributed by atoms with Gasteiger partial charge in [0.15, 0.2) is 0 Å². The molecule has 1 saturated heterocycles. The van der Waals surface area contributed by atoms with Gasteiger partial charge in [0, 0.05) is 31.5 Å². The lowest BCUT2D eigenvalue weighted by atomic mass is 10.0. The molecule has 0 bridgehead atoms. The molecule has 0 saturated carbocycles. The van der Waals surface area contributed by atoms with E-state index in [1.165, 1.54) is 6.26 Å². The highest BCUT2D eigenvalue weighted by atomic mass is 32.2. The molecule has 0 radical (unpaired) electrons. The minimum Gasteiger partial charge on any atom is -0.390 e. The Morgan fingerprint density at radius 1 is 1.36 bits per heavy atom. The zero-order valence-corrected chi connectivity index (χ0v) is 13.4. The van der Waals surface area contributed by atoms with Crippen molar-refractivity contribution in [1.29, 1.82) is 0 Å². The largest absolute Gasteiger partial charge is 0.390 e. The van der Waals surface area contributed by atoms with Gasteiger partial charge in [-0.1, -0.05) is 18.2 Å². The highest BCUT2D eigenvalue weighted by Gasteiger charge is 2.29. The third-order valence-electron chi connectivity index (χ3n) is 3.80. The minimum atomic E-state index is -3.00. The molecule has 7 heteroatoms. The van der Waals surface area contributed by atoms with Crippen LogP contribution in [0.1, 0.15) is 16.8 Å². The predicted molar refractivity (Wildman–Crippen MR) is 84.5 cm³/mol. The van der Waals surface area contributed by atoms with E-state index in [0.717, 1.165) is 0 Å². The molecule has 6 nitrogen and oxygen atoms in total. The van der Waals surface area contributed by atoms with Crippen molar-refractivity contribution in [2.24, 2.45) is 0 Å². The lowest BCUT2D eigenvalue weighted by molar-refractivity contribution is 0.0402. The van der Waals surface area contributed by atoms with Crippen molar-refractivity contribution in [1.82, 2.24) is 10.2 Å². The van der Waals surface area contributed by atoms with Crippen LogP contribution in [-0.2, 0) is 9.84 Å². The van der Waals surface area contributed by atoms with Crippen molar-refractivity contribution in [2.45, 2.75) is 18.6 Å². The third kappa shape index (κ3) is 5.08. The Kier molecular flexibility index (Phi) is 5.55. The summed E-state index contributed by atoms with van der Waals surface area (Å²) in [5, 5.41) is 13.0. The van der Waals surface area contributed by atoms with E-state index in [0.29, 0.717) is 31.6 Å². The first kappa shape index (κ1) is 16.9. The Bertz CT molecular complexity index is 603. The van der Waals surface area contributed by atoms with Crippen LogP contribution >= 0.6 is 0 Å². The number of benzene rings is 1. The maximum atomic E-state index is 12.1. The number of aliphatic hydroxyl groups excluding tert-OH is 1. The Balaban J connectivity index is 1.85. The maximum Gasteiger partial charge on any atom is 0.251 e. The number of hydrogen-bond acceptors (Lipinski definition) is 5. The van der Waals surface area contributed by atoms with Crippen molar-refractivity contribution in [3.63, 3.8) is 0 Å². The molecule has 0 unspecified atom stereocenters. The van der Waals surface area contributed by atoms with Crippen molar-refractivity contribution in [3.05, 3.63) is 35.9 Å². The summed E-state index contributed by atoms with van der Waals surface area (Å²) >= 11 is 0. The summed E-state index contributed by atoms with van der Waals surface area (Å²) in [4.78, 5) is 14.0. The monoisotopic (exact) mass is 326 g/mol. The van der Waals surface area contributed by atoms with Crippen LogP contribution in [0.5, 0.6) is 0 Å². The lowest BCUT2D eigenvalue weighted by Gasteiger charge is -2.36. The minimum absolute atomic E-state index is 0.0841. The summed E-state index contributed by atoms with van der Waals surface area (Å²) in [5.74, 6) is -0.116. The first-order chi connectivity index (χ1) is 10.3. The first-order valence-electron chi connectivity index (χ1n) is 7.29. The number of sulfone groups is 1. The summed E-state index contributed by atoms with van der Waals surface area (Å²) in [6.07, 6.45) is 1.11. The number of hydrogen-bond donors (Lipinski definition) is 2. The highest BCUT2D eigenvalue weighted by molar-refractivity contribution is 7.90. The van der Waals surface area contributed by atoms with Crippen LogP contribution in [0.3, 0.4) is 0 Å². The summed E-state index contributed by atoms with van der Waals surface area (Å²) in [7, 11) is -3.00. The number of piperidine rings is 1. The normalized spacial score (nSPS) is 23.2. The van der Waals surface area contributed by atoms with E-state index in [1.807, 2.05) is 11.0 Å². The Hall–Kier alpha value is -1.44. The first-order valence-corrected chi connectivity index (χ1v) is 9.35. The van der Waals surface area contributed by atoms with Gasteiger partial charge in [0.05, 0.1) is 17.9 Å². The van der Waals surface area contributed by atoms with Crippen molar-refractivity contribution >= 4 is 15.7 Å². The Morgan fingerprint density at radius 3 is 2.64 bits per heavy atom. The molecule has 2 atom stereocenters. The molecule has 1 heterocycles. The predicted octanol–water partition coefficient (Wildman–Crippen LogP) is -0.104. The van der Waals surface area contributed by atoms with E-state index in [4.69, 9.17) is 0 Å². The molecule has 0 aliphatic carbocycles. The van der Waals surface area contributed by atoms with Crippen LogP contribution in [-0.4, -0.2) is 68.1 Å². The van der Waals surface area contributed by atoms with Crippen LogP contribution in [0.25, 0.3) is 0 Å². The van der Waals surface area contributed by atoms with Gasteiger partial charge < -0.3 is 10.4 Å². The molecular formula is C15H22N2O4S. The molecule has 1 aliphatic rings. The molecule has 0 spiro atoms. The van der Waals surface area contributed by atoms with E-state index < -0.39 is 15.9 Å². The summed E-state index contributed by atoms with van der Waals surface area (Å²) < 4.78 is 22.4. The number of nitrogens with one attached hydrogen (secondary N) is 1. The molecule has 1 fully saturated rings. The topological polar surface area (TPSA) is 86.7 Å². The molecule has 122 valence electrons. The third-order valence-corrected chi connectivity index (χ3v) is 4.72. The van der Waals surface area contributed by atoms with Gasteiger partial charge in [-0.25, -0.2) is 8.42 Å². The smallest absolute Gasteiger partial charge is 0.251 e. The SMILES string of the molecule is CS(=O)(=O)CCN1CC[C@@H](NC(=O)c2ccccc2)[C@H](O)C1. The van der Waals surface area contributed by atoms with Gasteiger partial charge in [0.1, 0.15) is 9.84 Å². The van der Waals surface area contributed by atoms with Gasteiger partial charge >= 0.3 is 0 Å². The molecule has 2 N–H and O–H groups in total. The summed E-state index contributed by atoms with van der Waals surface area (Å²) in [5.41, 5.74) is 0.564. The average Bonchev–Trinajstić information content (AvgIpc) is 2.47. The van der Waals surface area contributed by atoms with E-state index in [2.05, 4.69) is 5.32 Å². The fourth-order valence-corrected chi connectivity index (χ4v) is 3.09. The Morgan fingerprint density at radius 2 is 2.05 bits per heavy atom. The van der Waals surface area contributed by atoms with Gasteiger partial charge in [-0.05, 0) is 18.6 Å². The van der Waals surface area contributed by atoms with Gasteiger partial charge in [-0.3, -0.25) is 9.69 Å². The van der Waals surface area contributed by atoms with Gasteiger partial charge in [-0.15, -0.1) is 0 Å². The number of aliphatic hydroxyl groups is 1. The van der Waals surface area contributed by atoms with Crippen molar-refractivity contribution in [2.75, 3.05) is 31.6 Å². The number of carbonyl (C=O) groups excluding carboxylic acids is 1.